The molecule has 9 rings (SSSR count). The maximum Gasteiger partial charge on any atom is 0.144 e. The van der Waals surface area contributed by atoms with Crippen LogP contribution < -0.4 is 71.0 Å². The molecule has 0 radical (unpaired) electrons. The van der Waals surface area contributed by atoms with Crippen molar-refractivity contribution in [3.8, 4) is 50.5 Å². The van der Waals surface area contributed by atoms with Crippen molar-refractivity contribution in [1.29, 1.82) is 0 Å². The van der Waals surface area contributed by atoms with Crippen LogP contribution in [-0.2, 0) is 0 Å². The van der Waals surface area contributed by atoms with Crippen molar-refractivity contribution < 1.29 is 0 Å². The zero-order valence-corrected chi connectivity index (χ0v) is 37.7. The molecular formula is C45H43B13N2. The van der Waals surface area contributed by atoms with Crippen LogP contribution in [0.4, 0.5) is 0 Å². The molecule has 2 nitrogen and oxygen atoms in total. The van der Waals surface area contributed by atoms with Gasteiger partial charge in [-0.3, -0.25) is 4.57 Å². The lowest BCUT2D eigenvalue weighted by Gasteiger charge is -2.29. The van der Waals surface area contributed by atoms with E-state index >= 15 is 0 Å². The van der Waals surface area contributed by atoms with E-state index in [1.807, 2.05) is 0 Å². The van der Waals surface area contributed by atoms with Gasteiger partial charge in [-0.15, -0.1) is 38.2 Å². The van der Waals surface area contributed by atoms with Crippen molar-refractivity contribution in [3.63, 3.8) is 0 Å². The molecule has 0 unspecified atom stereocenters. The Hall–Kier alpha value is -5.41. The summed E-state index contributed by atoms with van der Waals surface area (Å²) in [5.41, 5.74) is 29.4. The molecule has 8 aromatic carbocycles. The van der Waals surface area contributed by atoms with E-state index in [1.54, 1.807) is 0 Å². The largest absolute Gasteiger partial charge is 0.292 e. The second-order valence-corrected chi connectivity index (χ2v) is 17.4. The first-order chi connectivity index (χ1) is 28.8. The molecular weight excluding hydrogens is 709 g/mol. The zero-order chi connectivity index (χ0) is 42.5. The van der Waals surface area contributed by atoms with Crippen LogP contribution in [0.15, 0.2) is 103 Å². The summed E-state index contributed by atoms with van der Waals surface area (Å²) >= 11 is 0. The van der Waals surface area contributed by atoms with Crippen molar-refractivity contribution >= 4 is 206 Å². The topological polar surface area (TPSA) is 17.8 Å². The van der Waals surface area contributed by atoms with E-state index < -0.39 is 0 Å². The fourth-order valence-electron chi connectivity index (χ4n) is 10.4. The van der Waals surface area contributed by atoms with E-state index in [2.05, 4.69) is 210 Å². The van der Waals surface area contributed by atoms with Crippen molar-refractivity contribution in [2.24, 2.45) is 0 Å². The third-order valence-corrected chi connectivity index (χ3v) is 14.9. The smallest absolute Gasteiger partial charge is 0.144 e. The molecule has 0 aliphatic carbocycles. The van der Waals surface area contributed by atoms with Gasteiger partial charge in [0.2, 0.25) is 0 Å². The fourth-order valence-corrected chi connectivity index (χ4v) is 10.4. The number of aromatic nitrogens is 2. The van der Waals surface area contributed by atoms with Gasteiger partial charge in [0, 0.05) is 11.1 Å². The maximum atomic E-state index is 5.52. The van der Waals surface area contributed by atoms with Crippen molar-refractivity contribution in [1.82, 2.24) is 9.55 Å². The molecule has 272 valence electrons. The van der Waals surface area contributed by atoms with Crippen LogP contribution in [0, 0.1) is 0 Å². The van der Waals surface area contributed by atoms with E-state index in [0.29, 0.717) is 0 Å². The van der Waals surface area contributed by atoms with Crippen LogP contribution in [0.5, 0.6) is 0 Å². The summed E-state index contributed by atoms with van der Waals surface area (Å²) in [5.74, 6) is 0.992. The van der Waals surface area contributed by atoms with Crippen LogP contribution >= 0.6 is 0 Å². The number of para-hydroxylation sites is 3. The molecule has 1 aromatic heterocycles. The minimum absolute atomic E-state index is 0.992. The first-order valence-electron chi connectivity index (χ1n) is 21.5. The van der Waals surface area contributed by atoms with Gasteiger partial charge < -0.3 is 0 Å². The quantitative estimate of drug-likeness (QED) is 0.126. The zero-order valence-electron chi connectivity index (χ0n) is 37.7. The summed E-state index contributed by atoms with van der Waals surface area (Å²) in [6.45, 7) is 0. The summed E-state index contributed by atoms with van der Waals surface area (Å²) in [6, 6.07) is 37.8. The van der Waals surface area contributed by atoms with Gasteiger partial charge in [-0.2, -0.15) is 0 Å². The van der Waals surface area contributed by atoms with Gasteiger partial charge in [0.05, 0.1) is 16.7 Å². The normalized spacial score (nSPS) is 11.5. The van der Waals surface area contributed by atoms with Crippen molar-refractivity contribution in [2.45, 2.75) is 0 Å². The molecule has 0 aliphatic heterocycles. The lowest BCUT2D eigenvalue weighted by atomic mass is 9.59. The fraction of sp³-hybridized carbons (Fsp3) is 0. The molecule has 0 atom stereocenters. The Balaban J connectivity index is 1.54. The van der Waals surface area contributed by atoms with Gasteiger partial charge in [-0.1, -0.05) is 118 Å². The first-order valence-corrected chi connectivity index (χ1v) is 21.5. The SMILES string of the molecule is Bc1c(B)c(B)c(-c2nc3ccccc3n2-c2ccccc2-c2c3c(B)c(B)c(B)c(B)c3c(-c3ccccc3-c3ccccc3)c3c(B)c(B)c(B)c(B)c23)c(B)c1B. The lowest BCUT2D eigenvalue weighted by Crippen LogP contribution is -2.55. The van der Waals surface area contributed by atoms with E-state index in [1.165, 1.54) is 132 Å². The molecule has 60 heavy (non-hydrogen) atoms. The molecule has 0 saturated heterocycles. The van der Waals surface area contributed by atoms with Crippen molar-refractivity contribution in [2.75, 3.05) is 0 Å². The molecule has 0 spiro atoms. The highest BCUT2D eigenvalue weighted by atomic mass is 15.1. The Morgan fingerprint density at radius 1 is 0.317 bits per heavy atom. The van der Waals surface area contributed by atoms with Gasteiger partial charge >= 0.3 is 0 Å². The molecule has 9 aromatic rings. The highest BCUT2D eigenvalue weighted by Crippen LogP contribution is 2.45. The lowest BCUT2D eigenvalue weighted by molar-refractivity contribution is 1.11. The second-order valence-electron chi connectivity index (χ2n) is 17.4. The summed E-state index contributed by atoms with van der Waals surface area (Å²) in [7, 11) is 30.1. The van der Waals surface area contributed by atoms with E-state index in [-0.39, 0.29) is 0 Å². The number of nitrogens with zero attached hydrogens (tertiary/aromatic N) is 2. The number of hydrogen-bond donors (Lipinski definition) is 0. The highest BCUT2D eigenvalue weighted by molar-refractivity contribution is 6.72. The van der Waals surface area contributed by atoms with Crippen LogP contribution in [0.1, 0.15) is 0 Å². The molecule has 0 aliphatic rings. The summed E-state index contributed by atoms with van der Waals surface area (Å²) in [6.07, 6.45) is 0. The summed E-state index contributed by atoms with van der Waals surface area (Å²) < 4.78 is 2.47. The molecule has 0 N–H and O–H groups in total. The second kappa shape index (κ2) is 14.9. The Bertz CT molecular complexity index is 3200. The third kappa shape index (κ3) is 5.78. The molecule has 0 amide bonds. The van der Waals surface area contributed by atoms with Gasteiger partial charge in [-0.05, 0) is 67.6 Å². The standard InChI is InChI=1S/C45H43B13N2/c46-32-27-25(20-13-5-4-12-19(20)18-10-2-1-3-11-18)28-30(35(49)41(55)39(53)33(28)47)26(29(27)34(48)40(54)38(32)52)21-14-6-8-16-23(21)60-24-17-9-7-15-22(24)59-45(60)31-36(50)42(56)44(58)43(57)37(31)51/h1-17H,46-58H2. The number of imidazole rings is 1. The Morgan fingerprint density at radius 2 is 0.700 bits per heavy atom. The minimum atomic E-state index is 0.992. The van der Waals surface area contributed by atoms with Gasteiger partial charge in [0.25, 0.3) is 0 Å². The molecule has 15 heteroatoms. The minimum Gasteiger partial charge on any atom is -0.292 e. The monoisotopic (exact) mass is 754 g/mol. The molecule has 0 saturated carbocycles. The number of hydrogen-bond acceptors (Lipinski definition) is 1. The predicted octanol–water partition coefficient (Wildman–Crippen LogP) is -10.6. The number of rotatable bonds is 5. The summed E-state index contributed by atoms with van der Waals surface area (Å²) in [5, 5.41) is 5.35. The van der Waals surface area contributed by atoms with Gasteiger partial charge in [0.15, 0.2) is 0 Å². The maximum absolute atomic E-state index is 5.52. The molecule has 0 bridgehead atoms. The van der Waals surface area contributed by atoms with E-state index in [9.17, 15) is 0 Å². The van der Waals surface area contributed by atoms with E-state index in [0.717, 1.165) is 22.5 Å². The van der Waals surface area contributed by atoms with Gasteiger partial charge in [-0.25, -0.2) is 4.98 Å². The average molecular weight is 752 g/mol. The number of benzene rings is 8. The number of fused-ring (bicyclic) bond motifs is 3. The third-order valence-electron chi connectivity index (χ3n) is 14.9. The molecule has 0 fully saturated rings. The van der Waals surface area contributed by atoms with Crippen LogP contribution in [0.3, 0.4) is 0 Å². The van der Waals surface area contributed by atoms with Crippen LogP contribution in [-0.4, -0.2) is 112 Å². The Labute approximate surface area is 366 Å². The highest BCUT2D eigenvalue weighted by Gasteiger charge is 2.29. The van der Waals surface area contributed by atoms with Crippen LogP contribution in [0.2, 0.25) is 0 Å². The Morgan fingerprint density at radius 3 is 1.23 bits per heavy atom. The van der Waals surface area contributed by atoms with Gasteiger partial charge in [0.1, 0.15) is 108 Å². The average Bonchev–Trinajstić information content (AvgIpc) is 3.65. The van der Waals surface area contributed by atoms with Crippen LogP contribution in [0.25, 0.3) is 83.0 Å². The molecule has 1 heterocycles. The summed E-state index contributed by atoms with van der Waals surface area (Å²) in [4.78, 5) is 5.52. The predicted molar refractivity (Wildman–Crippen MR) is 304 cm³/mol. The van der Waals surface area contributed by atoms with E-state index in [4.69, 9.17) is 4.98 Å². The first kappa shape index (κ1) is 40.0. The Kier molecular flexibility index (Phi) is 9.97. The van der Waals surface area contributed by atoms with Crippen molar-refractivity contribution in [3.05, 3.63) is 103 Å².